The van der Waals surface area contributed by atoms with Crippen LogP contribution >= 0.6 is 11.3 Å². The van der Waals surface area contributed by atoms with Crippen molar-refractivity contribution in [3.05, 3.63) is 46.0 Å². The Kier molecular flexibility index (Phi) is 2.70. The largest absolute Gasteiger partial charge is 0.464 e. The monoisotopic (exact) mass is 207 g/mol. The average Bonchev–Trinajstić information content (AvgIpc) is 2.88. The third-order valence-electron chi connectivity index (χ3n) is 2.24. The van der Waals surface area contributed by atoms with Crippen molar-refractivity contribution in [2.45, 2.75) is 19.4 Å². The van der Waals surface area contributed by atoms with Gasteiger partial charge in [0.05, 0.1) is 6.04 Å². The van der Waals surface area contributed by atoms with E-state index in [9.17, 15) is 0 Å². The van der Waals surface area contributed by atoms with Crippen molar-refractivity contribution in [1.82, 2.24) is 0 Å². The molecule has 2 nitrogen and oxygen atoms in total. The van der Waals surface area contributed by atoms with Gasteiger partial charge in [-0.05, 0) is 34.5 Å². The molecule has 0 radical (unpaired) electrons. The van der Waals surface area contributed by atoms with Crippen LogP contribution in [-0.2, 0) is 6.42 Å². The van der Waals surface area contributed by atoms with Crippen molar-refractivity contribution in [3.63, 3.8) is 0 Å². The fraction of sp³-hybridized carbons (Fsp3) is 0.273. The molecule has 1 atom stereocenters. The standard InChI is InChI=1S/C11H13NOS/c1-2-9-3-4-10(13-9)11(12)8-5-6-14-7-8/h3-7,11H,2,12H2,1H3/t11-/m0/s1. The second-order valence-electron chi connectivity index (χ2n) is 3.19. The van der Waals surface area contributed by atoms with E-state index in [4.69, 9.17) is 10.2 Å². The lowest BCUT2D eigenvalue weighted by molar-refractivity contribution is 0.454. The summed E-state index contributed by atoms with van der Waals surface area (Å²) in [4.78, 5) is 0. The van der Waals surface area contributed by atoms with Crippen LogP contribution in [0.4, 0.5) is 0 Å². The molecular weight excluding hydrogens is 194 g/mol. The summed E-state index contributed by atoms with van der Waals surface area (Å²) >= 11 is 1.65. The van der Waals surface area contributed by atoms with Crippen LogP contribution in [0.3, 0.4) is 0 Å². The number of hydrogen-bond acceptors (Lipinski definition) is 3. The molecule has 0 fully saturated rings. The minimum absolute atomic E-state index is 0.124. The Morgan fingerprint density at radius 2 is 2.29 bits per heavy atom. The van der Waals surface area contributed by atoms with Gasteiger partial charge in [-0.25, -0.2) is 0 Å². The van der Waals surface area contributed by atoms with Crippen molar-refractivity contribution >= 4 is 11.3 Å². The van der Waals surface area contributed by atoms with Gasteiger partial charge in [0.2, 0.25) is 0 Å². The Labute approximate surface area is 87.4 Å². The first-order valence-electron chi connectivity index (χ1n) is 4.67. The van der Waals surface area contributed by atoms with Gasteiger partial charge in [0.25, 0.3) is 0 Å². The summed E-state index contributed by atoms with van der Waals surface area (Å²) in [6.45, 7) is 2.07. The maximum atomic E-state index is 6.04. The maximum Gasteiger partial charge on any atom is 0.125 e. The van der Waals surface area contributed by atoms with Gasteiger partial charge >= 0.3 is 0 Å². The highest BCUT2D eigenvalue weighted by Gasteiger charge is 2.12. The molecule has 0 saturated heterocycles. The number of furan rings is 1. The molecule has 0 aliphatic rings. The number of nitrogens with two attached hydrogens (primary N) is 1. The zero-order chi connectivity index (χ0) is 9.97. The van der Waals surface area contributed by atoms with Crippen LogP contribution in [0.15, 0.2) is 33.4 Å². The lowest BCUT2D eigenvalue weighted by atomic mass is 10.1. The summed E-state index contributed by atoms with van der Waals surface area (Å²) in [5.74, 6) is 1.84. The van der Waals surface area contributed by atoms with Crippen LogP contribution in [0.1, 0.15) is 30.0 Å². The molecule has 2 heterocycles. The van der Waals surface area contributed by atoms with Crippen LogP contribution in [0.5, 0.6) is 0 Å². The number of rotatable bonds is 3. The summed E-state index contributed by atoms with van der Waals surface area (Å²) in [6, 6.07) is 5.85. The topological polar surface area (TPSA) is 39.2 Å². The van der Waals surface area contributed by atoms with E-state index < -0.39 is 0 Å². The Hall–Kier alpha value is -1.06. The van der Waals surface area contributed by atoms with Crippen LogP contribution in [0.2, 0.25) is 0 Å². The third-order valence-corrected chi connectivity index (χ3v) is 2.94. The zero-order valence-corrected chi connectivity index (χ0v) is 8.88. The smallest absolute Gasteiger partial charge is 0.125 e. The van der Waals surface area contributed by atoms with E-state index >= 15 is 0 Å². The molecule has 0 spiro atoms. The van der Waals surface area contributed by atoms with E-state index in [1.807, 2.05) is 23.6 Å². The fourth-order valence-electron chi connectivity index (χ4n) is 1.37. The van der Waals surface area contributed by atoms with Crippen molar-refractivity contribution in [1.29, 1.82) is 0 Å². The average molecular weight is 207 g/mol. The second kappa shape index (κ2) is 3.98. The zero-order valence-electron chi connectivity index (χ0n) is 8.07. The van der Waals surface area contributed by atoms with Crippen LogP contribution in [-0.4, -0.2) is 0 Å². The van der Waals surface area contributed by atoms with E-state index in [0.29, 0.717) is 0 Å². The van der Waals surface area contributed by atoms with Gasteiger partial charge in [0.1, 0.15) is 11.5 Å². The van der Waals surface area contributed by atoms with Gasteiger partial charge in [-0.2, -0.15) is 11.3 Å². The number of thiophene rings is 1. The van der Waals surface area contributed by atoms with E-state index in [2.05, 4.69) is 12.3 Å². The van der Waals surface area contributed by atoms with Gasteiger partial charge < -0.3 is 10.2 Å². The molecule has 3 heteroatoms. The van der Waals surface area contributed by atoms with Gasteiger partial charge in [0, 0.05) is 6.42 Å². The molecule has 0 unspecified atom stereocenters. The molecular formula is C11H13NOS. The van der Waals surface area contributed by atoms with E-state index in [0.717, 1.165) is 23.5 Å². The summed E-state index contributed by atoms with van der Waals surface area (Å²) in [7, 11) is 0. The normalized spacial score (nSPS) is 13.0. The summed E-state index contributed by atoms with van der Waals surface area (Å²) in [5.41, 5.74) is 7.16. The van der Waals surface area contributed by atoms with Crippen molar-refractivity contribution < 1.29 is 4.42 Å². The fourth-order valence-corrected chi connectivity index (χ4v) is 2.06. The highest BCUT2D eigenvalue weighted by molar-refractivity contribution is 7.07. The first kappa shape index (κ1) is 9.49. The molecule has 0 aliphatic carbocycles. The first-order valence-corrected chi connectivity index (χ1v) is 5.62. The van der Waals surface area contributed by atoms with E-state index in [-0.39, 0.29) is 6.04 Å². The highest BCUT2D eigenvalue weighted by atomic mass is 32.1. The van der Waals surface area contributed by atoms with Crippen LogP contribution in [0, 0.1) is 0 Å². The third kappa shape index (κ3) is 1.74. The Balaban J connectivity index is 2.23. The quantitative estimate of drug-likeness (QED) is 0.840. The minimum Gasteiger partial charge on any atom is -0.464 e. The number of aryl methyl sites for hydroxylation is 1. The molecule has 0 saturated carbocycles. The SMILES string of the molecule is CCc1ccc([C@@H](N)c2ccsc2)o1. The van der Waals surface area contributed by atoms with Crippen molar-refractivity contribution in [2.75, 3.05) is 0 Å². The molecule has 0 amide bonds. The van der Waals surface area contributed by atoms with Crippen LogP contribution < -0.4 is 5.73 Å². The van der Waals surface area contributed by atoms with Crippen molar-refractivity contribution in [2.24, 2.45) is 5.73 Å². The van der Waals surface area contributed by atoms with E-state index in [1.54, 1.807) is 11.3 Å². The highest BCUT2D eigenvalue weighted by Crippen LogP contribution is 2.23. The summed E-state index contributed by atoms with van der Waals surface area (Å²) in [5, 5.41) is 4.08. The lowest BCUT2D eigenvalue weighted by Gasteiger charge is -2.05. The predicted molar refractivity (Wildman–Crippen MR) is 58.4 cm³/mol. The lowest BCUT2D eigenvalue weighted by Crippen LogP contribution is -2.09. The molecule has 2 N–H and O–H groups in total. The Morgan fingerprint density at radius 3 is 2.86 bits per heavy atom. The second-order valence-corrected chi connectivity index (χ2v) is 3.97. The molecule has 2 aromatic heterocycles. The number of hydrogen-bond donors (Lipinski definition) is 1. The van der Waals surface area contributed by atoms with Gasteiger partial charge in [-0.1, -0.05) is 6.92 Å². The molecule has 0 bridgehead atoms. The molecule has 2 aromatic rings. The van der Waals surface area contributed by atoms with Gasteiger partial charge in [-0.3, -0.25) is 0 Å². The summed E-state index contributed by atoms with van der Waals surface area (Å²) in [6.07, 6.45) is 0.913. The minimum atomic E-state index is -0.124. The Morgan fingerprint density at radius 1 is 1.43 bits per heavy atom. The first-order chi connectivity index (χ1) is 6.81. The predicted octanol–water partition coefficient (Wildman–Crippen LogP) is 2.95. The van der Waals surface area contributed by atoms with Gasteiger partial charge in [0.15, 0.2) is 0 Å². The van der Waals surface area contributed by atoms with Gasteiger partial charge in [-0.15, -0.1) is 0 Å². The summed E-state index contributed by atoms with van der Waals surface area (Å²) < 4.78 is 5.60. The maximum absolute atomic E-state index is 6.04. The van der Waals surface area contributed by atoms with Crippen LogP contribution in [0.25, 0.3) is 0 Å². The van der Waals surface area contributed by atoms with E-state index in [1.165, 1.54) is 0 Å². The molecule has 2 rings (SSSR count). The Bertz CT molecular complexity index is 391. The molecule has 0 aliphatic heterocycles. The van der Waals surface area contributed by atoms with Crippen molar-refractivity contribution in [3.8, 4) is 0 Å². The molecule has 0 aromatic carbocycles. The molecule has 14 heavy (non-hydrogen) atoms. The molecule has 74 valence electrons.